The van der Waals surface area contributed by atoms with Crippen LogP contribution < -0.4 is 15.5 Å². The lowest BCUT2D eigenvalue weighted by atomic mass is 10.0. The summed E-state index contributed by atoms with van der Waals surface area (Å²) in [7, 11) is 0. The van der Waals surface area contributed by atoms with Crippen LogP contribution in [0.1, 0.15) is 55.5 Å². The van der Waals surface area contributed by atoms with E-state index >= 15 is 0 Å². The van der Waals surface area contributed by atoms with E-state index in [0.29, 0.717) is 12.0 Å². The smallest absolute Gasteiger partial charge is 0.251 e. The molecule has 1 unspecified atom stereocenters. The van der Waals surface area contributed by atoms with Crippen molar-refractivity contribution in [3.05, 3.63) is 65.7 Å². The van der Waals surface area contributed by atoms with Gasteiger partial charge in [0.25, 0.3) is 5.91 Å². The Bertz CT molecular complexity index is 816. The molecule has 1 fully saturated rings. The number of benzene rings is 2. The second-order valence-electron chi connectivity index (χ2n) is 7.98. The number of hydrogen-bond acceptors (Lipinski definition) is 3. The maximum atomic E-state index is 12.9. The van der Waals surface area contributed by atoms with E-state index in [2.05, 4.69) is 29.4 Å². The Hall–Kier alpha value is -2.82. The molecule has 160 valence electrons. The molecular formula is C25H33N3O2. The van der Waals surface area contributed by atoms with E-state index in [0.717, 1.165) is 50.0 Å². The minimum absolute atomic E-state index is 0.108. The van der Waals surface area contributed by atoms with Gasteiger partial charge in [0.15, 0.2) is 0 Å². The molecule has 2 aromatic carbocycles. The van der Waals surface area contributed by atoms with E-state index in [1.165, 1.54) is 0 Å². The van der Waals surface area contributed by atoms with Gasteiger partial charge >= 0.3 is 0 Å². The molecule has 5 nitrogen and oxygen atoms in total. The molecule has 1 aliphatic carbocycles. The first-order valence-corrected chi connectivity index (χ1v) is 11.1. The summed E-state index contributed by atoms with van der Waals surface area (Å²) in [6, 6.07) is 17.1. The molecule has 30 heavy (non-hydrogen) atoms. The van der Waals surface area contributed by atoms with E-state index in [4.69, 9.17) is 0 Å². The largest absolute Gasteiger partial charge is 0.372 e. The van der Waals surface area contributed by atoms with Gasteiger partial charge < -0.3 is 15.5 Å². The minimum Gasteiger partial charge on any atom is -0.372 e. The normalized spacial score (nSPS) is 14.1. The fraction of sp³-hybridized carbons (Fsp3) is 0.440. The number of unbranched alkanes of at least 4 members (excludes halogenated alkanes) is 1. The lowest BCUT2D eigenvalue weighted by Crippen LogP contribution is -2.48. The maximum Gasteiger partial charge on any atom is 0.251 e. The molecule has 1 atom stereocenters. The molecule has 0 saturated heterocycles. The van der Waals surface area contributed by atoms with Crippen LogP contribution in [0.5, 0.6) is 0 Å². The van der Waals surface area contributed by atoms with Crippen LogP contribution in [0, 0.1) is 0 Å². The SMILES string of the molecule is CCCCN(CC)c1ccc(C(=O)NC(Cc2ccccc2)C(=O)NC2CC2)cc1. The van der Waals surface area contributed by atoms with Gasteiger partial charge in [-0.05, 0) is 56.0 Å². The van der Waals surface area contributed by atoms with Gasteiger partial charge in [0, 0.05) is 36.8 Å². The van der Waals surface area contributed by atoms with E-state index in [1.807, 2.05) is 54.6 Å². The van der Waals surface area contributed by atoms with Crippen LogP contribution in [0.2, 0.25) is 0 Å². The quantitative estimate of drug-likeness (QED) is 0.593. The molecule has 0 aliphatic heterocycles. The molecule has 1 saturated carbocycles. The number of anilines is 1. The predicted octanol–water partition coefficient (Wildman–Crippen LogP) is 3.93. The number of hydrogen-bond donors (Lipinski definition) is 2. The maximum absolute atomic E-state index is 12.9. The Balaban J connectivity index is 1.67. The average molecular weight is 408 g/mol. The van der Waals surface area contributed by atoms with Crippen molar-refractivity contribution in [2.24, 2.45) is 0 Å². The molecule has 0 heterocycles. The number of carbonyl (C=O) groups excluding carboxylic acids is 2. The average Bonchev–Trinajstić information content (AvgIpc) is 3.59. The second kappa shape index (κ2) is 10.8. The Morgan fingerprint density at radius 1 is 1.03 bits per heavy atom. The molecule has 0 aromatic heterocycles. The summed E-state index contributed by atoms with van der Waals surface area (Å²) in [4.78, 5) is 27.9. The molecular weight excluding hydrogens is 374 g/mol. The van der Waals surface area contributed by atoms with Crippen molar-refractivity contribution < 1.29 is 9.59 Å². The molecule has 2 aromatic rings. The fourth-order valence-corrected chi connectivity index (χ4v) is 3.47. The lowest BCUT2D eigenvalue weighted by Gasteiger charge is -2.23. The molecule has 0 bridgehead atoms. The minimum atomic E-state index is -0.586. The number of amides is 2. The summed E-state index contributed by atoms with van der Waals surface area (Å²) < 4.78 is 0. The van der Waals surface area contributed by atoms with Gasteiger partial charge in [0.05, 0.1) is 0 Å². The summed E-state index contributed by atoms with van der Waals surface area (Å²) >= 11 is 0. The first-order valence-electron chi connectivity index (χ1n) is 11.1. The highest BCUT2D eigenvalue weighted by Gasteiger charge is 2.28. The Labute approximate surface area is 179 Å². The Morgan fingerprint density at radius 2 is 1.73 bits per heavy atom. The van der Waals surface area contributed by atoms with Gasteiger partial charge in [-0.15, -0.1) is 0 Å². The van der Waals surface area contributed by atoms with E-state index < -0.39 is 6.04 Å². The van der Waals surface area contributed by atoms with Gasteiger partial charge in [-0.2, -0.15) is 0 Å². The molecule has 3 rings (SSSR count). The third-order valence-electron chi connectivity index (χ3n) is 5.49. The highest BCUT2D eigenvalue weighted by atomic mass is 16.2. The summed E-state index contributed by atoms with van der Waals surface area (Å²) in [5, 5.41) is 5.97. The molecule has 2 N–H and O–H groups in total. The molecule has 5 heteroatoms. The van der Waals surface area contributed by atoms with Crippen molar-refractivity contribution in [3.63, 3.8) is 0 Å². The predicted molar refractivity (Wildman–Crippen MR) is 122 cm³/mol. The van der Waals surface area contributed by atoms with E-state index in [9.17, 15) is 9.59 Å². The molecule has 1 aliphatic rings. The van der Waals surface area contributed by atoms with Crippen LogP contribution in [0.25, 0.3) is 0 Å². The van der Waals surface area contributed by atoms with Crippen LogP contribution in [0.3, 0.4) is 0 Å². The van der Waals surface area contributed by atoms with Crippen LogP contribution in [0.15, 0.2) is 54.6 Å². The van der Waals surface area contributed by atoms with Crippen molar-refractivity contribution in [1.82, 2.24) is 10.6 Å². The second-order valence-corrected chi connectivity index (χ2v) is 7.98. The zero-order valence-corrected chi connectivity index (χ0v) is 18.1. The Morgan fingerprint density at radius 3 is 2.33 bits per heavy atom. The van der Waals surface area contributed by atoms with E-state index in [-0.39, 0.29) is 17.9 Å². The summed E-state index contributed by atoms with van der Waals surface area (Å²) in [5.41, 5.74) is 2.72. The van der Waals surface area contributed by atoms with Gasteiger partial charge in [0.1, 0.15) is 6.04 Å². The number of nitrogens with one attached hydrogen (secondary N) is 2. The summed E-state index contributed by atoms with van der Waals surface area (Å²) in [5.74, 6) is -0.326. The van der Waals surface area contributed by atoms with Gasteiger partial charge in [-0.1, -0.05) is 43.7 Å². The highest BCUT2D eigenvalue weighted by Crippen LogP contribution is 2.19. The van der Waals surface area contributed by atoms with Crippen molar-refractivity contribution in [3.8, 4) is 0 Å². The molecule has 0 radical (unpaired) electrons. The third-order valence-corrected chi connectivity index (χ3v) is 5.49. The summed E-state index contributed by atoms with van der Waals surface area (Å²) in [6.07, 6.45) is 4.82. The fourth-order valence-electron chi connectivity index (χ4n) is 3.47. The lowest BCUT2D eigenvalue weighted by molar-refractivity contribution is -0.123. The topological polar surface area (TPSA) is 61.4 Å². The van der Waals surface area contributed by atoms with Crippen LogP contribution >= 0.6 is 0 Å². The monoisotopic (exact) mass is 407 g/mol. The van der Waals surface area contributed by atoms with E-state index in [1.54, 1.807) is 0 Å². The Kier molecular flexibility index (Phi) is 7.89. The van der Waals surface area contributed by atoms with Crippen LogP contribution in [-0.4, -0.2) is 37.0 Å². The zero-order valence-electron chi connectivity index (χ0n) is 18.1. The van der Waals surface area contributed by atoms with Gasteiger partial charge in [-0.3, -0.25) is 9.59 Å². The van der Waals surface area contributed by atoms with Crippen molar-refractivity contribution in [1.29, 1.82) is 0 Å². The number of nitrogens with zero attached hydrogens (tertiary/aromatic N) is 1. The van der Waals surface area contributed by atoms with Crippen molar-refractivity contribution in [2.45, 2.75) is 58.0 Å². The number of rotatable bonds is 11. The van der Waals surface area contributed by atoms with Crippen molar-refractivity contribution in [2.75, 3.05) is 18.0 Å². The molecule has 0 spiro atoms. The standard InChI is InChI=1S/C25H33N3O2/c1-3-5-17-28(4-2)22-15-11-20(12-16-22)24(29)27-23(25(30)26-21-13-14-21)18-19-9-7-6-8-10-19/h6-12,15-16,21,23H,3-5,13-14,17-18H2,1-2H3,(H,26,30)(H,27,29). The van der Waals surface area contributed by atoms with Crippen LogP contribution in [-0.2, 0) is 11.2 Å². The van der Waals surface area contributed by atoms with Crippen molar-refractivity contribution >= 4 is 17.5 Å². The third kappa shape index (κ3) is 6.34. The summed E-state index contributed by atoms with van der Waals surface area (Å²) in [6.45, 7) is 6.28. The van der Waals surface area contributed by atoms with Gasteiger partial charge in [-0.25, -0.2) is 0 Å². The van der Waals surface area contributed by atoms with Gasteiger partial charge in [0.2, 0.25) is 5.91 Å². The van der Waals surface area contributed by atoms with Crippen LogP contribution in [0.4, 0.5) is 5.69 Å². The zero-order chi connectivity index (χ0) is 21.3. The first-order chi connectivity index (χ1) is 14.6. The number of carbonyl (C=O) groups is 2. The first kappa shape index (κ1) is 21.9. The highest BCUT2D eigenvalue weighted by molar-refractivity contribution is 5.98. The molecule has 2 amide bonds.